The predicted molar refractivity (Wildman–Crippen MR) is 108 cm³/mol. The number of halogens is 1. The number of carbonyl (C=O) groups excluding carboxylic acids is 2. The summed E-state index contributed by atoms with van der Waals surface area (Å²) >= 11 is 0. The summed E-state index contributed by atoms with van der Waals surface area (Å²) in [6.07, 6.45) is 0.779. The van der Waals surface area contributed by atoms with Gasteiger partial charge >= 0.3 is 11.8 Å². The molecule has 1 aliphatic heterocycles. The van der Waals surface area contributed by atoms with Gasteiger partial charge in [-0.15, -0.1) is 0 Å². The lowest BCUT2D eigenvalue weighted by atomic mass is 10.2. The maximum absolute atomic E-state index is 12.9. The van der Waals surface area contributed by atoms with E-state index in [0.717, 1.165) is 39.1 Å². The zero-order valence-corrected chi connectivity index (χ0v) is 15.7. The van der Waals surface area contributed by atoms with Crippen molar-refractivity contribution in [2.75, 3.05) is 49.5 Å². The van der Waals surface area contributed by atoms with Crippen molar-refractivity contribution >= 4 is 23.2 Å². The van der Waals surface area contributed by atoms with Crippen molar-refractivity contribution < 1.29 is 14.0 Å². The smallest absolute Gasteiger partial charge is 0.313 e. The number of anilines is 2. The van der Waals surface area contributed by atoms with E-state index in [1.165, 1.54) is 30.0 Å². The van der Waals surface area contributed by atoms with Crippen LogP contribution < -0.4 is 15.5 Å². The van der Waals surface area contributed by atoms with Gasteiger partial charge in [0.05, 0.1) is 0 Å². The highest BCUT2D eigenvalue weighted by Crippen LogP contribution is 2.15. The van der Waals surface area contributed by atoms with Crippen LogP contribution in [0.15, 0.2) is 54.6 Å². The van der Waals surface area contributed by atoms with Gasteiger partial charge in [0.25, 0.3) is 0 Å². The van der Waals surface area contributed by atoms with E-state index in [1.807, 2.05) is 6.07 Å². The van der Waals surface area contributed by atoms with Gasteiger partial charge in [-0.1, -0.05) is 18.2 Å². The first-order valence-corrected chi connectivity index (χ1v) is 9.49. The molecule has 1 aliphatic rings. The van der Waals surface area contributed by atoms with Crippen LogP contribution >= 0.6 is 0 Å². The van der Waals surface area contributed by atoms with Gasteiger partial charge in [-0.2, -0.15) is 0 Å². The summed E-state index contributed by atoms with van der Waals surface area (Å²) in [6, 6.07) is 15.7. The number of hydrogen-bond acceptors (Lipinski definition) is 4. The minimum Gasteiger partial charge on any atom is -0.369 e. The van der Waals surface area contributed by atoms with Crippen molar-refractivity contribution in [2.24, 2.45) is 0 Å². The number of nitrogens with one attached hydrogen (secondary N) is 2. The molecule has 0 unspecified atom stereocenters. The number of piperazine rings is 1. The second-order valence-corrected chi connectivity index (χ2v) is 6.73. The molecule has 2 amide bonds. The van der Waals surface area contributed by atoms with Crippen LogP contribution in [0.5, 0.6) is 0 Å². The molecule has 7 heteroatoms. The summed E-state index contributed by atoms with van der Waals surface area (Å²) < 4.78 is 12.9. The van der Waals surface area contributed by atoms with Gasteiger partial charge in [0, 0.05) is 44.1 Å². The van der Waals surface area contributed by atoms with Gasteiger partial charge in [0.2, 0.25) is 0 Å². The monoisotopic (exact) mass is 384 g/mol. The molecule has 0 aliphatic carbocycles. The fraction of sp³-hybridized carbons (Fsp3) is 0.333. The molecule has 0 radical (unpaired) electrons. The lowest BCUT2D eigenvalue weighted by molar-refractivity contribution is -0.136. The number of para-hydroxylation sites is 1. The molecule has 3 rings (SSSR count). The van der Waals surface area contributed by atoms with Crippen LogP contribution in [0.2, 0.25) is 0 Å². The largest absolute Gasteiger partial charge is 0.369 e. The molecular formula is C21H25FN4O2. The van der Waals surface area contributed by atoms with E-state index in [2.05, 4.69) is 44.7 Å². The van der Waals surface area contributed by atoms with Crippen molar-refractivity contribution in [3.8, 4) is 0 Å². The average molecular weight is 384 g/mol. The number of rotatable bonds is 6. The number of carbonyl (C=O) groups is 2. The molecule has 1 saturated heterocycles. The second kappa shape index (κ2) is 9.85. The van der Waals surface area contributed by atoms with Crippen LogP contribution in [0.3, 0.4) is 0 Å². The van der Waals surface area contributed by atoms with Gasteiger partial charge in [0.15, 0.2) is 0 Å². The number of hydrogen-bond donors (Lipinski definition) is 2. The third-order valence-electron chi connectivity index (χ3n) is 4.74. The first-order chi connectivity index (χ1) is 13.6. The van der Waals surface area contributed by atoms with Gasteiger partial charge in [-0.05, 0) is 49.4 Å². The molecule has 2 aromatic carbocycles. The van der Waals surface area contributed by atoms with Crippen molar-refractivity contribution in [3.63, 3.8) is 0 Å². The molecule has 6 nitrogen and oxygen atoms in total. The lowest BCUT2D eigenvalue weighted by Gasteiger charge is -2.36. The molecule has 1 heterocycles. The second-order valence-electron chi connectivity index (χ2n) is 6.73. The third kappa shape index (κ3) is 5.79. The molecule has 0 bridgehead atoms. The lowest BCUT2D eigenvalue weighted by Crippen LogP contribution is -2.47. The van der Waals surface area contributed by atoms with Crippen LogP contribution in [0, 0.1) is 5.82 Å². The Hall–Kier alpha value is -2.93. The topological polar surface area (TPSA) is 64.7 Å². The minimum absolute atomic E-state index is 0.387. The molecule has 0 spiro atoms. The molecule has 0 aromatic heterocycles. The van der Waals surface area contributed by atoms with Crippen LogP contribution in [-0.4, -0.2) is 56.0 Å². The average Bonchev–Trinajstić information content (AvgIpc) is 2.73. The van der Waals surface area contributed by atoms with Crippen LogP contribution in [0.25, 0.3) is 0 Å². The molecule has 1 fully saturated rings. The highest BCUT2D eigenvalue weighted by atomic mass is 19.1. The van der Waals surface area contributed by atoms with Crippen molar-refractivity contribution in [1.29, 1.82) is 0 Å². The number of amides is 2. The SMILES string of the molecule is O=C(NCCCN1CCN(c2ccccc2)CC1)C(=O)Nc1ccc(F)cc1. The summed E-state index contributed by atoms with van der Waals surface area (Å²) in [7, 11) is 0. The maximum Gasteiger partial charge on any atom is 0.313 e. The molecule has 0 atom stereocenters. The Bertz CT molecular complexity index is 775. The predicted octanol–water partition coefficient (Wildman–Crippen LogP) is 2.09. The Labute approximate surface area is 164 Å². The van der Waals surface area contributed by atoms with Crippen LogP contribution in [-0.2, 0) is 9.59 Å². The number of nitrogens with zero attached hydrogens (tertiary/aromatic N) is 2. The Morgan fingerprint density at radius 1 is 0.893 bits per heavy atom. The van der Waals surface area contributed by atoms with Crippen LogP contribution in [0.4, 0.5) is 15.8 Å². The van der Waals surface area contributed by atoms with Gasteiger partial charge in [0.1, 0.15) is 5.82 Å². The molecule has 2 N–H and O–H groups in total. The van der Waals surface area contributed by atoms with E-state index in [9.17, 15) is 14.0 Å². The Balaban J connectivity index is 1.31. The van der Waals surface area contributed by atoms with Gasteiger partial charge in [-0.3, -0.25) is 14.5 Å². The van der Waals surface area contributed by atoms with E-state index in [1.54, 1.807) is 0 Å². The van der Waals surface area contributed by atoms with Gasteiger partial charge in [-0.25, -0.2) is 4.39 Å². The zero-order valence-electron chi connectivity index (χ0n) is 15.7. The summed E-state index contributed by atoms with van der Waals surface area (Å²) in [5.74, 6) is -1.83. The quantitative estimate of drug-likeness (QED) is 0.591. The van der Waals surface area contributed by atoms with Gasteiger partial charge < -0.3 is 15.5 Å². The van der Waals surface area contributed by atoms with E-state index in [-0.39, 0.29) is 0 Å². The standard InChI is InChI=1S/C21H25FN4O2/c22-17-7-9-18(10-8-17)24-21(28)20(27)23-11-4-12-25-13-15-26(16-14-25)19-5-2-1-3-6-19/h1-3,5-10H,4,11-16H2,(H,23,27)(H,24,28). The first kappa shape index (κ1) is 19.8. The van der Waals surface area contributed by atoms with Crippen LogP contribution in [0.1, 0.15) is 6.42 Å². The highest BCUT2D eigenvalue weighted by molar-refractivity contribution is 6.39. The van der Waals surface area contributed by atoms with Crippen molar-refractivity contribution in [2.45, 2.75) is 6.42 Å². The summed E-state index contributed by atoms with van der Waals surface area (Å²) in [6.45, 7) is 5.24. The minimum atomic E-state index is -0.747. The Kier molecular flexibility index (Phi) is 6.97. The Morgan fingerprint density at radius 3 is 2.25 bits per heavy atom. The summed E-state index contributed by atoms with van der Waals surface area (Å²) in [5, 5.41) is 5.07. The maximum atomic E-state index is 12.9. The normalized spacial score (nSPS) is 14.5. The first-order valence-electron chi connectivity index (χ1n) is 9.49. The summed E-state index contributed by atoms with van der Waals surface area (Å²) in [5.41, 5.74) is 1.64. The van der Waals surface area contributed by atoms with E-state index in [0.29, 0.717) is 12.2 Å². The summed E-state index contributed by atoms with van der Waals surface area (Å²) in [4.78, 5) is 28.4. The third-order valence-corrected chi connectivity index (χ3v) is 4.74. The fourth-order valence-electron chi connectivity index (χ4n) is 3.17. The highest BCUT2D eigenvalue weighted by Gasteiger charge is 2.17. The molecule has 148 valence electrons. The molecular weight excluding hydrogens is 359 g/mol. The van der Waals surface area contributed by atoms with E-state index >= 15 is 0 Å². The molecule has 0 saturated carbocycles. The molecule has 2 aromatic rings. The fourth-order valence-corrected chi connectivity index (χ4v) is 3.17. The number of benzene rings is 2. The molecule has 28 heavy (non-hydrogen) atoms. The van der Waals surface area contributed by atoms with E-state index < -0.39 is 17.6 Å². The zero-order chi connectivity index (χ0) is 19.8. The van der Waals surface area contributed by atoms with Crippen molar-refractivity contribution in [3.05, 3.63) is 60.4 Å². The van der Waals surface area contributed by atoms with E-state index in [4.69, 9.17) is 0 Å². The Morgan fingerprint density at radius 2 is 1.57 bits per heavy atom. The van der Waals surface area contributed by atoms with Crippen molar-refractivity contribution in [1.82, 2.24) is 10.2 Å².